The van der Waals surface area contributed by atoms with Crippen molar-refractivity contribution >= 4 is 60.5 Å². The Hall–Kier alpha value is -8.46. The van der Waals surface area contributed by atoms with Gasteiger partial charge in [-0.1, -0.05) is 194 Å². The highest BCUT2D eigenvalue weighted by atomic mass is 16.3. The average molecular weight is 816 g/mol. The van der Waals surface area contributed by atoms with Crippen molar-refractivity contribution in [3.05, 3.63) is 249 Å². The minimum Gasteiger partial charge on any atom is -0.455 e. The normalized spacial score (nSPS) is 11.4. The minimum absolute atomic E-state index is 0.904. The molecule has 0 amide bonds. The van der Waals surface area contributed by atoms with E-state index in [1.807, 2.05) is 12.1 Å². The molecule has 12 rings (SSSR count). The molecule has 0 fully saturated rings. The number of nitrogens with zero attached hydrogens (tertiary/aromatic N) is 1. The first-order valence-electron chi connectivity index (χ1n) is 21.9. The molecule has 0 spiro atoms. The topological polar surface area (TPSA) is 16.4 Å². The molecular formula is C62H41NO. The number of hydrogen-bond acceptors (Lipinski definition) is 2. The molecule has 2 heteroatoms. The number of benzene rings is 11. The van der Waals surface area contributed by atoms with E-state index in [2.05, 4.69) is 241 Å². The Morgan fingerprint density at radius 3 is 1.64 bits per heavy atom. The second kappa shape index (κ2) is 15.8. The Morgan fingerprint density at radius 2 is 0.828 bits per heavy atom. The standard InChI is InChI=1S/C62H41NO/c1-2-15-46(16-3-1)61-55-22-7-6-14-44(55)33-38-56(61)45-31-36-53(37-32-45)63(52-34-29-43(30-35-52)50-28-27-42-13-4-5-17-47(42)39-50)54-21-11-19-49(41-54)48-18-10-20-51(40-48)57-24-12-25-59-58-23-8-9-26-60(58)64-62(57)59/h1-41H. The molecule has 64 heavy (non-hydrogen) atoms. The quantitative estimate of drug-likeness (QED) is 0.152. The summed E-state index contributed by atoms with van der Waals surface area (Å²) >= 11 is 0. The van der Waals surface area contributed by atoms with E-state index in [1.165, 1.54) is 54.9 Å². The van der Waals surface area contributed by atoms with Gasteiger partial charge in [0.1, 0.15) is 11.2 Å². The highest BCUT2D eigenvalue weighted by molar-refractivity contribution is 6.10. The first-order valence-corrected chi connectivity index (χ1v) is 21.9. The highest BCUT2D eigenvalue weighted by Crippen LogP contribution is 2.43. The van der Waals surface area contributed by atoms with Gasteiger partial charge in [0.05, 0.1) is 0 Å². The van der Waals surface area contributed by atoms with Crippen LogP contribution in [0.4, 0.5) is 17.1 Å². The van der Waals surface area contributed by atoms with Crippen LogP contribution in [0.15, 0.2) is 253 Å². The van der Waals surface area contributed by atoms with Gasteiger partial charge in [-0.15, -0.1) is 0 Å². The van der Waals surface area contributed by atoms with Crippen LogP contribution >= 0.6 is 0 Å². The monoisotopic (exact) mass is 815 g/mol. The Labute approximate surface area is 372 Å². The van der Waals surface area contributed by atoms with Crippen molar-refractivity contribution in [2.75, 3.05) is 4.90 Å². The molecule has 1 heterocycles. The van der Waals surface area contributed by atoms with E-state index < -0.39 is 0 Å². The van der Waals surface area contributed by atoms with Gasteiger partial charge in [0.15, 0.2) is 0 Å². The zero-order valence-corrected chi connectivity index (χ0v) is 35.0. The molecule has 0 aliphatic rings. The second-order valence-corrected chi connectivity index (χ2v) is 16.5. The summed E-state index contributed by atoms with van der Waals surface area (Å²) in [5.41, 5.74) is 16.7. The second-order valence-electron chi connectivity index (χ2n) is 16.5. The number of rotatable bonds is 8. The molecule has 300 valence electrons. The molecular weight excluding hydrogens is 775 g/mol. The molecule has 0 aliphatic heterocycles. The maximum atomic E-state index is 6.47. The number of para-hydroxylation sites is 2. The van der Waals surface area contributed by atoms with Crippen molar-refractivity contribution in [1.29, 1.82) is 0 Å². The maximum Gasteiger partial charge on any atom is 0.143 e. The molecule has 1 aromatic heterocycles. The molecule has 12 aromatic rings. The van der Waals surface area contributed by atoms with Gasteiger partial charge < -0.3 is 9.32 Å². The lowest BCUT2D eigenvalue weighted by atomic mass is 9.90. The fourth-order valence-corrected chi connectivity index (χ4v) is 9.50. The molecule has 0 N–H and O–H groups in total. The predicted molar refractivity (Wildman–Crippen MR) is 271 cm³/mol. The van der Waals surface area contributed by atoms with E-state index in [0.29, 0.717) is 0 Å². The fourth-order valence-electron chi connectivity index (χ4n) is 9.50. The van der Waals surface area contributed by atoms with Crippen LogP contribution in [0.5, 0.6) is 0 Å². The lowest BCUT2D eigenvalue weighted by molar-refractivity contribution is 0.670. The number of hydrogen-bond donors (Lipinski definition) is 0. The van der Waals surface area contributed by atoms with Crippen LogP contribution in [0.1, 0.15) is 0 Å². The van der Waals surface area contributed by atoms with Crippen LogP contribution in [0.2, 0.25) is 0 Å². The van der Waals surface area contributed by atoms with Crippen LogP contribution in [0, 0.1) is 0 Å². The van der Waals surface area contributed by atoms with Crippen LogP contribution < -0.4 is 4.90 Å². The summed E-state index contributed by atoms with van der Waals surface area (Å²) < 4.78 is 6.47. The number of furan rings is 1. The van der Waals surface area contributed by atoms with Crippen LogP contribution in [-0.2, 0) is 0 Å². The van der Waals surface area contributed by atoms with Gasteiger partial charge in [0.25, 0.3) is 0 Å². The molecule has 0 unspecified atom stereocenters. The number of anilines is 3. The fraction of sp³-hybridized carbons (Fsp3) is 0. The third-order valence-electron chi connectivity index (χ3n) is 12.7. The predicted octanol–water partition coefficient (Wildman–Crippen LogP) is 17.7. The van der Waals surface area contributed by atoms with E-state index in [1.54, 1.807) is 0 Å². The summed E-state index contributed by atoms with van der Waals surface area (Å²) in [6.07, 6.45) is 0. The average Bonchev–Trinajstić information content (AvgIpc) is 3.76. The van der Waals surface area contributed by atoms with E-state index >= 15 is 0 Å². The van der Waals surface area contributed by atoms with E-state index in [0.717, 1.165) is 61.3 Å². The molecule has 2 nitrogen and oxygen atoms in total. The van der Waals surface area contributed by atoms with Crippen LogP contribution in [-0.4, -0.2) is 0 Å². The van der Waals surface area contributed by atoms with Gasteiger partial charge in [-0.05, 0) is 126 Å². The Balaban J connectivity index is 0.956. The van der Waals surface area contributed by atoms with Crippen molar-refractivity contribution < 1.29 is 4.42 Å². The number of fused-ring (bicyclic) bond motifs is 5. The van der Waals surface area contributed by atoms with Crippen molar-refractivity contribution in [3.8, 4) is 55.6 Å². The summed E-state index contributed by atoms with van der Waals surface area (Å²) in [6, 6.07) is 89.7. The molecule has 11 aromatic carbocycles. The molecule has 0 radical (unpaired) electrons. The first kappa shape index (κ1) is 37.3. The van der Waals surface area contributed by atoms with Gasteiger partial charge in [-0.3, -0.25) is 0 Å². The SMILES string of the molecule is c1ccc(-c2c(-c3ccc(N(c4ccc(-c5ccc6ccccc6c5)cc4)c4cccc(-c5cccc(-c6cccc7c6oc6ccccc67)c5)c4)cc3)ccc3ccccc23)cc1. The van der Waals surface area contributed by atoms with Gasteiger partial charge in [-0.25, -0.2) is 0 Å². The van der Waals surface area contributed by atoms with E-state index in [9.17, 15) is 0 Å². The van der Waals surface area contributed by atoms with Gasteiger partial charge >= 0.3 is 0 Å². The largest absolute Gasteiger partial charge is 0.455 e. The summed E-state index contributed by atoms with van der Waals surface area (Å²) in [7, 11) is 0. The third-order valence-corrected chi connectivity index (χ3v) is 12.7. The van der Waals surface area contributed by atoms with Crippen molar-refractivity contribution in [1.82, 2.24) is 0 Å². The first-order chi connectivity index (χ1) is 31.7. The zero-order chi connectivity index (χ0) is 42.4. The smallest absolute Gasteiger partial charge is 0.143 e. The van der Waals surface area contributed by atoms with Gasteiger partial charge in [0, 0.05) is 33.4 Å². The lowest BCUT2D eigenvalue weighted by Crippen LogP contribution is -2.10. The van der Waals surface area contributed by atoms with Gasteiger partial charge in [0.2, 0.25) is 0 Å². The van der Waals surface area contributed by atoms with Crippen molar-refractivity contribution in [3.63, 3.8) is 0 Å². The Kier molecular flexibility index (Phi) is 9.20. The van der Waals surface area contributed by atoms with Crippen molar-refractivity contribution in [2.24, 2.45) is 0 Å². The van der Waals surface area contributed by atoms with E-state index in [-0.39, 0.29) is 0 Å². The highest BCUT2D eigenvalue weighted by Gasteiger charge is 2.18. The van der Waals surface area contributed by atoms with Gasteiger partial charge in [-0.2, -0.15) is 0 Å². The molecule has 0 saturated heterocycles. The Bertz CT molecular complexity index is 3660. The summed E-state index contributed by atoms with van der Waals surface area (Å²) in [5.74, 6) is 0. The minimum atomic E-state index is 0.904. The Morgan fingerprint density at radius 1 is 0.266 bits per heavy atom. The zero-order valence-electron chi connectivity index (χ0n) is 35.0. The lowest BCUT2D eigenvalue weighted by Gasteiger charge is -2.26. The molecule has 0 aliphatic carbocycles. The molecule has 0 saturated carbocycles. The summed E-state index contributed by atoms with van der Waals surface area (Å²) in [6.45, 7) is 0. The molecule has 0 bridgehead atoms. The van der Waals surface area contributed by atoms with Crippen molar-refractivity contribution in [2.45, 2.75) is 0 Å². The van der Waals surface area contributed by atoms with E-state index in [4.69, 9.17) is 4.42 Å². The summed E-state index contributed by atoms with van der Waals surface area (Å²) in [5, 5.41) is 7.23. The molecule has 0 atom stereocenters. The maximum absolute atomic E-state index is 6.47. The summed E-state index contributed by atoms with van der Waals surface area (Å²) in [4.78, 5) is 2.37. The third kappa shape index (κ3) is 6.70. The van der Waals surface area contributed by atoms with Crippen LogP contribution in [0.25, 0.3) is 99.1 Å². The van der Waals surface area contributed by atoms with Crippen LogP contribution in [0.3, 0.4) is 0 Å².